The number of carbonyl (C=O) groups is 3. The number of amides is 1. The summed E-state index contributed by atoms with van der Waals surface area (Å²) < 4.78 is 15.4. The minimum atomic E-state index is -0.486. The molecule has 0 aliphatic carbocycles. The van der Waals surface area contributed by atoms with Gasteiger partial charge in [-0.15, -0.1) is 11.8 Å². The molecule has 0 aliphatic rings. The van der Waals surface area contributed by atoms with Crippen molar-refractivity contribution in [1.82, 2.24) is 5.16 Å². The number of anilines is 1. The van der Waals surface area contributed by atoms with Gasteiger partial charge in [0, 0.05) is 17.2 Å². The zero-order chi connectivity index (χ0) is 20.7. The molecular formula is C19H22N2O6S. The Morgan fingerprint density at radius 3 is 2.64 bits per heavy atom. The van der Waals surface area contributed by atoms with Crippen LogP contribution < -0.4 is 10.1 Å². The van der Waals surface area contributed by atoms with Crippen LogP contribution in [0, 0.1) is 6.92 Å². The van der Waals surface area contributed by atoms with Crippen molar-refractivity contribution in [1.29, 1.82) is 0 Å². The zero-order valence-electron chi connectivity index (χ0n) is 16.1. The summed E-state index contributed by atoms with van der Waals surface area (Å²) in [6, 6.07) is 6.55. The fourth-order valence-electron chi connectivity index (χ4n) is 2.23. The normalized spacial score (nSPS) is 11.6. The molecular weight excluding hydrogens is 384 g/mol. The molecule has 1 aromatic heterocycles. The number of thioether (sulfide) groups is 1. The molecule has 0 aliphatic heterocycles. The number of nitrogens with one attached hydrogen (secondary N) is 1. The van der Waals surface area contributed by atoms with Crippen LogP contribution in [0.25, 0.3) is 0 Å². The van der Waals surface area contributed by atoms with Gasteiger partial charge in [-0.2, -0.15) is 0 Å². The average Bonchev–Trinajstić information content (AvgIpc) is 3.08. The Labute approximate surface area is 166 Å². The number of aryl methyl sites for hydroxylation is 1. The number of Topliss-reactive ketones (excluding diaryl/α,β-unsaturated/α-hetero) is 1. The average molecular weight is 406 g/mol. The van der Waals surface area contributed by atoms with E-state index in [4.69, 9.17) is 14.0 Å². The molecule has 2 rings (SSSR count). The number of esters is 1. The number of ketones is 1. The van der Waals surface area contributed by atoms with E-state index < -0.39 is 11.2 Å². The van der Waals surface area contributed by atoms with E-state index in [2.05, 4.69) is 10.5 Å². The van der Waals surface area contributed by atoms with Gasteiger partial charge in [0.15, 0.2) is 11.6 Å². The molecule has 1 N–H and O–H groups in total. The summed E-state index contributed by atoms with van der Waals surface area (Å²) in [7, 11) is 1.50. The highest BCUT2D eigenvalue weighted by molar-refractivity contribution is 8.01. The Bertz CT molecular complexity index is 864. The summed E-state index contributed by atoms with van der Waals surface area (Å²) in [5.74, 6) is 0.591. The summed E-state index contributed by atoms with van der Waals surface area (Å²) in [6.45, 7) is 4.83. The SMILES string of the molecule is COc1ccc(C(C)=O)cc1COC(=O)CS[C@H](C)C(=O)Nc1cc(C)on1. The van der Waals surface area contributed by atoms with Crippen LogP contribution in [0.3, 0.4) is 0 Å². The number of hydrogen-bond donors (Lipinski definition) is 1. The number of hydrogen-bond acceptors (Lipinski definition) is 8. The van der Waals surface area contributed by atoms with E-state index in [1.807, 2.05) is 0 Å². The predicted octanol–water partition coefficient (Wildman–Crippen LogP) is 3.00. The monoisotopic (exact) mass is 406 g/mol. The van der Waals surface area contributed by atoms with Crippen molar-refractivity contribution >= 4 is 35.2 Å². The van der Waals surface area contributed by atoms with Crippen molar-refractivity contribution in [2.24, 2.45) is 0 Å². The molecule has 0 spiro atoms. The highest BCUT2D eigenvalue weighted by atomic mass is 32.2. The lowest BCUT2D eigenvalue weighted by atomic mass is 10.1. The molecule has 28 heavy (non-hydrogen) atoms. The second kappa shape index (κ2) is 9.93. The number of rotatable bonds is 9. The third kappa shape index (κ3) is 6.12. The highest BCUT2D eigenvalue weighted by Gasteiger charge is 2.18. The van der Waals surface area contributed by atoms with Gasteiger partial charge in [0.2, 0.25) is 5.91 Å². The van der Waals surface area contributed by atoms with E-state index >= 15 is 0 Å². The molecule has 9 heteroatoms. The van der Waals surface area contributed by atoms with Gasteiger partial charge < -0.3 is 19.3 Å². The maximum Gasteiger partial charge on any atom is 0.316 e. The third-order valence-corrected chi connectivity index (χ3v) is 4.89. The number of aromatic nitrogens is 1. The molecule has 0 bridgehead atoms. The van der Waals surface area contributed by atoms with Crippen LogP contribution in [0.2, 0.25) is 0 Å². The summed E-state index contributed by atoms with van der Waals surface area (Å²) in [5, 5.41) is 5.81. The lowest BCUT2D eigenvalue weighted by Crippen LogP contribution is -2.24. The maximum absolute atomic E-state index is 12.1. The molecule has 0 unspecified atom stereocenters. The number of benzene rings is 1. The number of nitrogens with zero attached hydrogens (tertiary/aromatic N) is 1. The molecule has 0 saturated carbocycles. The largest absolute Gasteiger partial charge is 0.496 e. The summed E-state index contributed by atoms with van der Waals surface area (Å²) in [4.78, 5) is 35.6. The summed E-state index contributed by atoms with van der Waals surface area (Å²) >= 11 is 1.14. The van der Waals surface area contributed by atoms with Crippen molar-refractivity contribution in [3.63, 3.8) is 0 Å². The quantitative estimate of drug-likeness (QED) is 0.500. The topological polar surface area (TPSA) is 108 Å². The van der Waals surface area contributed by atoms with Crippen LogP contribution in [0.1, 0.15) is 35.5 Å². The molecule has 1 atom stereocenters. The lowest BCUT2D eigenvalue weighted by Gasteiger charge is -2.12. The van der Waals surface area contributed by atoms with Crippen molar-refractivity contribution in [2.45, 2.75) is 32.6 Å². The van der Waals surface area contributed by atoms with Crippen molar-refractivity contribution in [3.8, 4) is 5.75 Å². The summed E-state index contributed by atoms with van der Waals surface area (Å²) in [6.07, 6.45) is 0. The van der Waals surface area contributed by atoms with Crippen LogP contribution in [0.5, 0.6) is 5.75 Å². The standard InChI is InChI=1S/C19H22N2O6S/c1-11-7-17(21-27-11)20-19(24)13(3)28-10-18(23)26-9-15-8-14(12(2)22)5-6-16(15)25-4/h5-8,13H,9-10H2,1-4H3,(H,20,21,24)/t13-/m1/s1. The molecule has 1 heterocycles. The zero-order valence-corrected chi connectivity index (χ0v) is 16.9. The Morgan fingerprint density at radius 1 is 1.29 bits per heavy atom. The van der Waals surface area contributed by atoms with E-state index in [-0.39, 0.29) is 24.1 Å². The van der Waals surface area contributed by atoms with Crippen molar-refractivity contribution in [2.75, 3.05) is 18.2 Å². The Hall–Kier alpha value is -2.81. The van der Waals surface area contributed by atoms with E-state index in [0.717, 1.165) is 11.8 Å². The highest BCUT2D eigenvalue weighted by Crippen LogP contribution is 2.22. The van der Waals surface area contributed by atoms with Crippen LogP contribution >= 0.6 is 11.8 Å². The van der Waals surface area contributed by atoms with Gasteiger partial charge in [-0.25, -0.2) is 0 Å². The van der Waals surface area contributed by atoms with Gasteiger partial charge in [-0.1, -0.05) is 5.16 Å². The first-order chi connectivity index (χ1) is 13.3. The van der Waals surface area contributed by atoms with Crippen LogP contribution in [-0.2, 0) is 20.9 Å². The first-order valence-electron chi connectivity index (χ1n) is 8.49. The van der Waals surface area contributed by atoms with E-state index in [0.29, 0.717) is 28.5 Å². The van der Waals surface area contributed by atoms with Gasteiger partial charge in [0.25, 0.3) is 0 Å². The van der Waals surface area contributed by atoms with Gasteiger partial charge in [-0.3, -0.25) is 14.4 Å². The van der Waals surface area contributed by atoms with Crippen LogP contribution in [-0.4, -0.2) is 40.9 Å². The van der Waals surface area contributed by atoms with Gasteiger partial charge in [0.1, 0.15) is 18.1 Å². The molecule has 0 saturated heterocycles. The maximum atomic E-state index is 12.1. The molecule has 150 valence electrons. The van der Waals surface area contributed by atoms with Crippen LogP contribution in [0.4, 0.5) is 5.82 Å². The molecule has 1 amide bonds. The molecule has 0 fully saturated rings. The Morgan fingerprint density at radius 2 is 2.04 bits per heavy atom. The number of ether oxygens (including phenoxy) is 2. The first kappa shape index (κ1) is 21.5. The van der Waals surface area contributed by atoms with Gasteiger partial charge in [-0.05, 0) is 39.0 Å². The second-order valence-corrected chi connectivity index (χ2v) is 7.34. The number of carbonyl (C=O) groups excluding carboxylic acids is 3. The van der Waals surface area contributed by atoms with E-state index in [1.165, 1.54) is 14.0 Å². The predicted molar refractivity (Wildman–Crippen MR) is 105 cm³/mol. The van der Waals surface area contributed by atoms with Crippen LogP contribution in [0.15, 0.2) is 28.8 Å². The van der Waals surface area contributed by atoms with E-state index in [1.54, 1.807) is 38.1 Å². The molecule has 0 radical (unpaired) electrons. The Balaban J connectivity index is 1.83. The molecule has 8 nitrogen and oxygen atoms in total. The minimum Gasteiger partial charge on any atom is -0.496 e. The Kier molecular flexibility index (Phi) is 7.62. The van der Waals surface area contributed by atoms with Crippen molar-refractivity contribution in [3.05, 3.63) is 41.2 Å². The first-order valence-corrected chi connectivity index (χ1v) is 9.54. The minimum absolute atomic E-state index is 0.00114. The smallest absolute Gasteiger partial charge is 0.316 e. The summed E-state index contributed by atoms with van der Waals surface area (Å²) in [5.41, 5.74) is 1.11. The lowest BCUT2D eigenvalue weighted by molar-refractivity contribution is -0.141. The third-order valence-electron chi connectivity index (χ3n) is 3.78. The number of methoxy groups -OCH3 is 1. The fourth-order valence-corrected chi connectivity index (χ4v) is 2.91. The second-order valence-electron chi connectivity index (χ2n) is 6.01. The molecule has 2 aromatic rings. The molecule has 1 aromatic carbocycles. The van der Waals surface area contributed by atoms with Gasteiger partial charge >= 0.3 is 5.97 Å². The van der Waals surface area contributed by atoms with Gasteiger partial charge in [0.05, 0.1) is 18.1 Å². The fraction of sp³-hybridized carbons (Fsp3) is 0.368. The van der Waals surface area contributed by atoms with Crippen molar-refractivity contribution < 1.29 is 28.4 Å². The van der Waals surface area contributed by atoms with E-state index in [9.17, 15) is 14.4 Å².